The summed E-state index contributed by atoms with van der Waals surface area (Å²) in [4.78, 5) is 15.5. The normalized spacial score (nSPS) is 11.8. The van der Waals surface area contributed by atoms with E-state index in [9.17, 15) is 18.3 Å². The zero-order valence-electron chi connectivity index (χ0n) is 14.2. The summed E-state index contributed by atoms with van der Waals surface area (Å²) in [7, 11) is -1.25. The molecule has 10 nitrogen and oxygen atoms in total. The number of benzene rings is 2. The van der Waals surface area contributed by atoms with Crippen molar-refractivity contribution in [3.05, 3.63) is 46.4 Å². The predicted octanol–water partition coefficient (Wildman–Crippen LogP) is 1.16. The first-order valence-corrected chi connectivity index (χ1v) is 8.95. The highest BCUT2D eigenvalue weighted by molar-refractivity contribution is 7.89. The number of aromatic hydroxyl groups is 1. The number of aromatic amines is 1. The molecule has 3 N–H and O–H groups in total. The van der Waals surface area contributed by atoms with Crippen LogP contribution in [0.25, 0.3) is 11.1 Å². The van der Waals surface area contributed by atoms with Crippen LogP contribution in [0, 0.1) is 0 Å². The van der Waals surface area contributed by atoms with E-state index in [1.807, 2.05) is 0 Å². The number of H-pyrrole nitrogens is 1. The zero-order chi connectivity index (χ0) is 19.6. The molecule has 0 aliphatic heterocycles. The Morgan fingerprint density at radius 2 is 1.85 bits per heavy atom. The van der Waals surface area contributed by atoms with Gasteiger partial charge in [-0.05, 0) is 24.3 Å². The third-order valence-electron chi connectivity index (χ3n) is 3.59. The number of hydrazone groups is 1. The lowest BCUT2D eigenvalue weighted by molar-refractivity contribution is 0.340. The van der Waals surface area contributed by atoms with E-state index in [1.165, 1.54) is 50.8 Å². The van der Waals surface area contributed by atoms with Crippen LogP contribution < -0.4 is 20.1 Å². The average molecular weight is 393 g/mol. The largest absolute Gasteiger partial charge is 0.502 e. The Morgan fingerprint density at radius 3 is 2.48 bits per heavy atom. The number of phenolic OH excluding ortho intramolecular Hbond substituents is 1. The van der Waals surface area contributed by atoms with E-state index in [4.69, 9.17) is 13.9 Å². The van der Waals surface area contributed by atoms with Gasteiger partial charge in [-0.15, -0.1) is 0 Å². The second-order valence-corrected chi connectivity index (χ2v) is 6.96. The van der Waals surface area contributed by atoms with Crippen molar-refractivity contribution in [2.24, 2.45) is 5.10 Å². The van der Waals surface area contributed by atoms with Crippen molar-refractivity contribution in [2.45, 2.75) is 4.90 Å². The zero-order valence-corrected chi connectivity index (χ0v) is 15.0. The molecule has 0 aliphatic carbocycles. The van der Waals surface area contributed by atoms with Crippen LogP contribution in [0.2, 0.25) is 0 Å². The van der Waals surface area contributed by atoms with Crippen LogP contribution in [-0.4, -0.2) is 38.9 Å². The molecule has 0 fully saturated rings. The first-order chi connectivity index (χ1) is 12.8. The maximum atomic E-state index is 12.3. The van der Waals surface area contributed by atoms with E-state index in [0.29, 0.717) is 11.1 Å². The van der Waals surface area contributed by atoms with Crippen LogP contribution in [0.15, 0.2) is 49.5 Å². The Kier molecular flexibility index (Phi) is 4.77. The van der Waals surface area contributed by atoms with E-state index in [0.717, 1.165) is 0 Å². The minimum absolute atomic E-state index is 0.111. The van der Waals surface area contributed by atoms with Gasteiger partial charge in [0.05, 0.1) is 30.8 Å². The number of rotatable bonds is 6. The Bertz CT molecular complexity index is 1150. The quantitative estimate of drug-likeness (QED) is 0.421. The van der Waals surface area contributed by atoms with Gasteiger partial charge in [0.15, 0.2) is 17.1 Å². The minimum atomic E-state index is -3.99. The van der Waals surface area contributed by atoms with Gasteiger partial charge in [-0.1, -0.05) is 0 Å². The van der Waals surface area contributed by atoms with Gasteiger partial charge in [0, 0.05) is 11.6 Å². The van der Waals surface area contributed by atoms with Gasteiger partial charge in [0.1, 0.15) is 0 Å². The Hall–Kier alpha value is -3.47. The molecule has 3 rings (SSSR count). The summed E-state index contributed by atoms with van der Waals surface area (Å²) in [5.41, 5.74) is 0.918. The molecular weight excluding hydrogens is 378 g/mol. The van der Waals surface area contributed by atoms with Crippen molar-refractivity contribution in [3.8, 4) is 17.2 Å². The van der Waals surface area contributed by atoms with Crippen molar-refractivity contribution in [3.63, 3.8) is 0 Å². The number of ether oxygens (including phenoxy) is 2. The average Bonchev–Trinajstić information content (AvgIpc) is 3.01. The lowest BCUT2D eigenvalue weighted by Gasteiger charge is -2.09. The van der Waals surface area contributed by atoms with Gasteiger partial charge in [-0.3, -0.25) is 4.98 Å². The third kappa shape index (κ3) is 3.72. The van der Waals surface area contributed by atoms with Crippen molar-refractivity contribution in [1.29, 1.82) is 0 Å². The molecule has 142 valence electrons. The molecule has 0 saturated heterocycles. The number of oxazole rings is 1. The lowest BCUT2D eigenvalue weighted by Crippen LogP contribution is -2.18. The first kappa shape index (κ1) is 18.3. The molecule has 0 saturated carbocycles. The van der Waals surface area contributed by atoms with Crippen LogP contribution in [0.3, 0.4) is 0 Å². The third-order valence-corrected chi connectivity index (χ3v) is 4.81. The highest BCUT2D eigenvalue weighted by Gasteiger charge is 2.15. The SMILES string of the molecule is COc1cc(/C=N/NS(=O)(=O)c2ccc3[nH]c(=O)oc3c2)cc(OC)c1O. The summed E-state index contributed by atoms with van der Waals surface area (Å²) >= 11 is 0. The molecule has 1 heterocycles. The van der Waals surface area contributed by atoms with Crippen molar-refractivity contribution in [2.75, 3.05) is 14.2 Å². The Labute approximate surface area is 153 Å². The number of sulfonamides is 1. The number of hydrogen-bond donors (Lipinski definition) is 3. The number of aromatic nitrogens is 1. The molecule has 0 amide bonds. The smallest absolute Gasteiger partial charge is 0.417 e. The molecule has 3 aromatic rings. The van der Waals surface area contributed by atoms with Crippen molar-refractivity contribution < 1.29 is 27.4 Å². The molecule has 0 spiro atoms. The van der Waals surface area contributed by atoms with E-state index < -0.39 is 15.8 Å². The number of fused-ring (bicyclic) bond motifs is 1. The molecule has 0 radical (unpaired) electrons. The van der Waals surface area contributed by atoms with E-state index in [-0.39, 0.29) is 27.7 Å². The predicted molar refractivity (Wildman–Crippen MR) is 96.0 cm³/mol. The van der Waals surface area contributed by atoms with E-state index >= 15 is 0 Å². The molecule has 27 heavy (non-hydrogen) atoms. The van der Waals surface area contributed by atoms with Crippen LogP contribution in [0.4, 0.5) is 0 Å². The summed E-state index contributed by atoms with van der Waals surface area (Å²) in [6.45, 7) is 0. The van der Waals surface area contributed by atoms with Gasteiger partial charge < -0.3 is 19.0 Å². The fourth-order valence-electron chi connectivity index (χ4n) is 2.30. The number of methoxy groups -OCH3 is 2. The second-order valence-electron chi connectivity index (χ2n) is 5.30. The fourth-order valence-corrected chi connectivity index (χ4v) is 3.11. The van der Waals surface area contributed by atoms with Gasteiger partial charge >= 0.3 is 5.76 Å². The number of nitrogens with zero attached hydrogens (tertiary/aromatic N) is 1. The van der Waals surface area contributed by atoms with Gasteiger partial charge in [0.25, 0.3) is 10.0 Å². The fraction of sp³-hybridized carbons (Fsp3) is 0.125. The standard InChI is InChI=1S/C16H15N3O7S/c1-24-13-5-9(6-14(25-2)15(13)20)8-17-19-27(22,23)10-3-4-11-12(7-10)26-16(21)18-11/h3-8,19-20H,1-2H3,(H,18,21)/b17-8+. The Morgan fingerprint density at radius 1 is 1.19 bits per heavy atom. The highest BCUT2D eigenvalue weighted by atomic mass is 32.2. The summed E-state index contributed by atoms with van der Waals surface area (Å²) in [6, 6.07) is 6.83. The number of nitrogens with one attached hydrogen (secondary N) is 2. The summed E-state index contributed by atoms with van der Waals surface area (Å²) in [6.07, 6.45) is 1.22. The highest BCUT2D eigenvalue weighted by Crippen LogP contribution is 2.36. The lowest BCUT2D eigenvalue weighted by atomic mass is 10.2. The van der Waals surface area contributed by atoms with Crippen molar-refractivity contribution >= 4 is 27.3 Å². The monoisotopic (exact) mass is 393 g/mol. The maximum Gasteiger partial charge on any atom is 0.417 e. The summed E-state index contributed by atoms with van der Waals surface area (Å²) in [5.74, 6) is -0.571. The second kappa shape index (κ2) is 7.03. The van der Waals surface area contributed by atoms with E-state index in [2.05, 4.69) is 14.9 Å². The van der Waals surface area contributed by atoms with E-state index in [1.54, 1.807) is 0 Å². The van der Waals surface area contributed by atoms with Crippen molar-refractivity contribution in [1.82, 2.24) is 9.82 Å². The summed E-state index contributed by atoms with van der Waals surface area (Å²) < 4.78 is 39.5. The molecular formula is C16H15N3O7S. The van der Waals surface area contributed by atoms with Crippen LogP contribution >= 0.6 is 0 Å². The molecule has 11 heteroatoms. The topological polar surface area (TPSA) is 143 Å². The molecule has 0 bridgehead atoms. The maximum absolute atomic E-state index is 12.3. The molecule has 0 unspecified atom stereocenters. The van der Waals surface area contributed by atoms with Gasteiger partial charge in [-0.2, -0.15) is 13.5 Å². The van der Waals surface area contributed by atoms with Crippen LogP contribution in [0.1, 0.15) is 5.56 Å². The molecule has 0 atom stereocenters. The number of phenols is 1. The van der Waals surface area contributed by atoms with Gasteiger partial charge in [-0.25, -0.2) is 9.63 Å². The van der Waals surface area contributed by atoms with Gasteiger partial charge in [0.2, 0.25) is 5.75 Å². The molecule has 0 aliphatic rings. The number of hydrogen-bond acceptors (Lipinski definition) is 8. The summed E-state index contributed by atoms with van der Waals surface area (Å²) in [5, 5.41) is 13.6. The molecule has 2 aromatic carbocycles. The van der Waals surface area contributed by atoms with Crippen LogP contribution in [0.5, 0.6) is 17.2 Å². The molecule has 1 aromatic heterocycles. The minimum Gasteiger partial charge on any atom is -0.502 e. The Balaban J connectivity index is 1.84. The first-order valence-electron chi connectivity index (χ1n) is 7.47. The van der Waals surface area contributed by atoms with Crippen LogP contribution in [-0.2, 0) is 10.0 Å².